The minimum Gasteiger partial charge on any atom is -0.398 e. The molecule has 3 rings (SSSR count). The number of fused-ring (bicyclic) bond motifs is 2. The molecule has 1 aromatic carbocycles. The van der Waals surface area contributed by atoms with Gasteiger partial charge in [0.15, 0.2) is 0 Å². The highest BCUT2D eigenvalue weighted by molar-refractivity contribution is 5.66. The molecule has 2 aliphatic carbocycles. The van der Waals surface area contributed by atoms with Crippen LogP contribution in [0.25, 0.3) is 0 Å². The van der Waals surface area contributed by atoms with Crippen LogP contribution >= 0.6 is 0 Å². The molecule has 1 aromatic rings. The van der Waals surface area contributed by atoms with Crippen LogP contribution in [-0.2, 0) is 19.3 Å². The Morgan fingerprint density at radius 2 is 2.15 bits per heavy atom. The standard InChI is InChI=1S/C12H15N/c1-7-5-9-6-8-3-2-4-10(8)12(13)11(7)9/h6-7H,2-5,13H2,1H3/t7-/m1/s1. The number of rotatable bonds is 0. The van der Waals surface area contributed by atoms with Crippen molar-refractivity contribution in [3.63, 3.8) is 0 Å². The van der Waals surface area contributed by atoms with Crippen LogP contribution in [0.2, 0.25) is 0 Å². The summed E-state index contributed by atoms with van der Waals surface area (Å²) < 4.78 is 0. The average Bonchev–Trinajstić information content (AvgIpc) is 2.50. The van der Waals surface area contributed by atoms with E-state index in [9.17, 15) is 0 Å². The van der Waals surface area contributed by atoms with Crippen LogP contribution < -0.4 is 5.73 Å². The Balaban J connectivity index is 2.25. The minimum atomic E-state index is 0.709. The van der Waals surface area contributed by atoms with Crippen molar-refractivity contribution in [2.45, 2.75) is 38.5 Å². The zero-order valence-electron chi connectivity index (χ0n) is 8.06. The highest BCUT2D eigenvalue weighted by Gasteiger charge is 2.28. The summed E-state index contributed by atoms with van der Waals surface area (Å²) in [5.41, 5.74) is 13.3. The van der Waals surface area contributed by atoms with Gasteiger partial charge in [-0.2, -0.15) is 0 Å². The summed E-state index contributed by atoms with van der Waals surface area (Å²) in [5, 5.41) is 0. The summed E-state index contributed by atoms with van der Waals surface area (Å²) in [6.45, 7) is 2.28. The maximum Gasteiger partial charge on any atom is 0.0387 e. The zero-order valence-corrected chi connectivity index (χ0v) is 8.06. The van der Waals surface area contributed by atoms with E-state index in [2.05, 4.69) is 13.0 Å². The first-order valence-electron chi connectivity index (χ1n) is 5.20. The lowest BCUT2D eigenvalue weighted by Crippen LogP contribution is -2.18. The number of hydrogen-bond acceptors (Lipinski definition) is 1. The third-order valence-electron chi connectivity index (χ3n) is 3.59. The van der Waals surface area contributed by atoms with Crippen LogP contribution in [-0.4, -0.2) is 0 Å². The van der Waals surface area contributed by atoms with Crippen LogP contribution in [0.1, 0.15) is 41.5 Å². The molecule has 0 fully saturated rings. The van der Waals surface area contributed by atoms with E-state index in [1.807, 2.05) is 0 Å². The fourth-order valence-corrected chi connectivity index (χ4v) is 2.91. The molecule has 0 bridgehead atoms. The first-order valence-corrected chi connectivity index (χ1v) is 5.20. The fraction of sp³-hybridized carbons (Fsp3) is 0.500. The van der Waals surface area contributed by atoms with E-state index in [1.54, 1.807) is 0 Å². The van der Waals surface area contributed by atoms with Crippen LogP contribution in [0.15, 0.2) is 6.07 Å². The second-order valence-electron chi connectivity index (χ2n) is 4.46. The van der Waals surface area contributed by atoms with Crippen LogP contribution in [0.5, 0.6) is 0 Å². The Kier molecular flexibility index (Phi) is 1.30. The average molecular weight is 173 g/mol. The van der Waals surface area contributed by atoms with Gasteiger partial charge in [-0.3, -0.25) is 0 Å². The quantitative estimate of drug-likeness (QED) is 0.599. The lowest BCUT2D eigenvalue weighted by Gasteiger charge is -2.30. The molecule has 68 valence electrons. The number of benzene rings is 1. The van der Waals surface area contributed by atoms with Crippen molar-refractivity contribution in [3.8, 4) is 0 Å². The summed E-state index contributed by atoms with van der Waals surface area (Å²) in [6, 6.07) is 2.40. The van der Waals surface area contributed by atoms with Gasteiger partial charge in [0, 0.05) is 5.69 Å². The Bertz CT molecular complexity index is 375. The molecule has 13 heavy (non-hydrogen) atoms. The van der Waals surface area contributed by atoms with Crippen LogP contribution in [0.3, 0.4) is 0 Å². The second kappa shape index (κ2) is 2.28. The smallest absolute Gasteiger partial charge is 0.0387 e. The lowest BCUT2D eigenvalue weighted by atomic mass is 9.76. The molecule has 1 heteroatoms. The van der Waals surface area contributed by atoms with Crippen molar-refractivity contribution in [1.29, 1.82) is 0 Å². The molecule has 0 aliphatic heterocycles. The van der Waals surface area contributed by atoms with Gasteiger partial charge in [-0.05, 0) is 53.9 Å². The first kappa shape index (κ1) is 7.43. The highest BCUT2D eigenvalue weighted by atomic mass is 14.6. The van der Waals surface area contributed by atoms with Gasteiger partial charge in [-0.15, -0.1) is 0 Å². The molecule has 2 aliphatic rings. The SMILES string of the molecule is C[C@@H]1Cc2cc3c(c(N)c21)CCC3. The molecule has 0 heterocycles. The van der Waals surface area contributed by atoms with Gasteiger partial charge in [-0.1, -0.05) is 13.0 Å². The van der Waals surface area contributed by atoms with Gasteiger partial charge in [0.25, 0.3) is 0 Å². The minimum absolute atomic E-state index is 0.709. The topological polar surface area (TPSA) is 26.0 Å². The van der Waals surface area contributed by atoms with Crippen molar-refractivity contribution >= 4 is 5.69 Å². The normalized spacial score (nSPS) is 23.6. The van der Waals surface area contributed by atoms with Crippen LogP contribution in [0, 0.1) is 0 Å². The molecule has 2 N–H and O–H groups in total. The van der Waals surface area contributed by atoms with Crippen LogP contribution in [0.4, 0.5) is 5.69 Å². The lowest BCUT2D eigenvalue weighted by molar-refractivity contribution is 0.668. The van der Waals surface area contributed by atoms with Gasteiger partial charge in [0.2, 0.25) is 0 Å². The van der Waals surface area contributed by atoms with E-state index in [0.29, 0.717) is 5.92 Å². The third-order valence-corrected chi connectivity index (χ3v) is 3.59. The van der Waals surface area contributed by atoms with Crippen molar-refractivity contribution in [2.24, 2.45) is 0 Å². The van der Waals surface area contributed by atoms with E-state index < -0.39 is 0 Å². The molecular weight excluding hydrogens is 158 g/mol. The van der Waals surface area contributed by atoms with Crippen molar-refractivity contribution in [2.75, 3.05) is 5.73 Å². The van der Waals surface area contributed by atoms with Crippen molar-refractivity contribution in [1.82, 2.24) is 0 Å². The Morgan fingerprint density at radius 3 is 2.92 bits per heavy atom. The molecule has 0 aromatic heterocycles. The van der Waals surface area contributed by atoms with Crippen molar-refractivity contribution in [3.05, 3.63) is 28.3 Å². The summed E-state index contributed by atoms with van der Waals surface area (Å²) in [6.07, 6.45) is 5.01. The monoisotopic (exact) mass is 173 g/mol. The van der Waals surface area contributed by atoms with E-state index in [0.717, 1.165) is 5.69 Å². The largest absolute Gasteiger partial charge is 0.398 e. The Labute approximate surface area is 78.9 Å². The van der Waals surface area contributed by atoms with Gasteiger partial charge >= 0.3 is 0 Å². The second-order valence-corrected chi connectivity index (χ2v) is 4.46. The van der Waals surface area contributed by atoms with Gasteiger partial charge in [-0.25, -0.2) is 0 Å². The molecule has 0 saturated heterocycles. The van der Waals surface area contributed by atoms with Gasteiger partial charge in [0.1, 0.15) is 0 Å². The maximum atomic E-state index is 6.18. The molecule has 0 unspecified atom stereocenters. The van der Waals surface area contributed by atoms with Crippen molar-refractivity contribution < 1.29 is 0 Å². The van der Waals surface area contributed by atoms with Gasteiger partial charge in [0.05, 0.1) is 0 Å². The zero-order chi connectivity index (χ0) is 9.00. The van der Waals surface area contributed by atoms with E-state index in [4.69, 9.17) is 5.73 Å². The third kappa shape index (κ3) is 0.822. The molecule has 1 atom stereocenters. The fourth-order valence-electron chi connectivity index (χ4n) is 2.91. The number of aryl methyl sites for hydroxylation is 1. The predicted octanol–water partition coefficient (Wildman–Crippen LogP) is 2.42. The summed E-state index contributed by atoms with van der Waals surface area (Å²) in [7, 11) is 0. The molecule has 0 radical (unpaired) electrons. The first-order chi connectivity index (χ1) is 6.27. The summed E-state index contributed by atoms with van der Waals surface area (Å²) >= 11 is 0. The Morgan fingerprint density at radius 1 is 1.31 bits per heavy atom. The summed E-state index contributed by atoms with van der Waals surface area (Å²) in [4.78, 5) is 0. The highest BCUT2D eigenvalue weighted by Crippen LogP contribution is 2.43. The number of hydrogen-bond donors (Lipinski definition) is 1. The van der Waals surface area contributed by atoms with E-state index >= 15 is 0 Å². The number of anilines is 1. The maximum absolute atomic E-state index is 6.18. The number of nitrogen functional groups attached to an aromatic ring is 1. The van der Waals surface area contributed by atoms with E-state index in [1.165, 1.54) is 47.9 Å². The molecule has 0 spiro atoms. The molecule has 1 nitrogen and oxygen atoms in total. The Hall–Kier alpha value is -0.980. The molecular formula is C12H15N. The molecule has 0 saturated carbocycles. The number of nitrogens with two attached hydrogens (primary N) is 1. The van der Waals surface area contributed by atoms with E-state index in [-0.39, 0.29) is 0 Å². The summed E-state index contributed by atoms with van der Waals surface area (Å²) in [5.74, 6) is 0.709. The van der Waals surface area contributed by atoms with Gasteiger partial charge < -0.3 is 5.73 Å². The molecule has 0 amide bonds. The predicted molar refractivity (Wildman–Crippen MR) is 55.0 cm³/mol.